The molecule has 1 aliphatic heterocycles. The summed E-state index contributed by atoms with van der Waals surface area (Å²) in [5.41, 5.74) is 0. The SMILES string of the molecule is C=CC[C@@H]1OC(O)[C@H](C)[C@H](O[Si](C)(C)C(C)(C)C)[C@@H]1C. The van der Waals surface area contributed by atoms with E-state index < -0.39 is 14.6 Å². The van der Waals surface area contributed by atoms with Crippen molar-refractivity contribution in [3.8, 4) is 0 Å². The molecule has 1 N–H and O–H groups in total. The molecule has 0 spiro atoms. The summed E-state index contributed by atoms with van der Waals surface area (Å²) in [6, 6.07) is 0. The molecule has 0 bridgehead atoms. The van der Waals surface area contributed by atoms with Crippen LogP contribution < -0.4 is 0 Å². The zero-order chi connectivity index (χ0) is 15.7. The normalized spacial score (nSPS) is 35.9. The number of hydrogen-bond donors (Lipinski definition) is 1. The van der Waals surface area contributed by atoms with Crippen LogP contribution in [0.25, 0.3) is 0 Å². The highest BCUT2D eigenvalue weighted by Gasteiger charge is 2.46. The topological polar surface area (TPSA) is 38.7 Å². The van der Waals surface area contributed by atoms with Crippen LogP contribution in [-0.2, 0) is 9.16 Å². The van der Waals surface area contributed by atoms with Crippen LogP contribution in [0.2, 0.25) is 18.1 Å². The van der Waals surface area contributed by atoms with Crippen molar-refractivity contribution >= 4 is 8.32 Å². The van der Waals surface area contributed by atoms with Crippen molar-refractivity contribution in [3.05, 3.63) is 12.7 Å². The molecule has 1 fully saturated rings. The lowest BCUT2D eigenvalue weighted by molar-refractivity contribution is -0.237. The summed E-state index contributed by atoms with van der Waals surface area (Å²) in [5.74, 6) is 0.265. The Labute approximate surface area is 125 Å². The van der Waals surface area contributed by atoms with E-state index in [-0.39, 0.29) is 29.1 Å². The highest BCUT2D eigenvalue weighted by Crippen LogP contribution is 2.41. The van der Waals surface area contributed by atoms with Gasteiger partial charge in [0.1, 0.15) is 0 Å². The monoisotopic (exact) mass is 300 g/mol. The molecule has 0 amide bonds. The first kappa shape index (κ1) is 17.9. The summed E-state index contributed by atoms with van der Waals surface area (Å²) < 4.78 is 12.3. The zero-order valence-corrected chi connectivity index (χ0v) is 15.1. The average Bonchev–Trinajstić information content (AvgIpc) is 2.30. The van der Waals surface area contributed by atoms with Crippen LogP contribution in [0, 0.1) is 11.8 Å². The molecule has 0 radical (unpaired) electrons. The third-order valence-electron chi connectivity index (χ3n) is 5.02. The van der Waals surface area contributed by atoms with Gasteiger partial charge in [0.15, 0.2) is 14.6 Å². The molecule has 1 unspecified atom stereocenters. The quantitative estimate of drug-likeness (QED) is 0.631. The Kier molecular flexibility index (Phi) is 5.64. The van der Waals surface area contributed by atoms with Gasteiger partial charge in [-0.15, -0.1) is 6.58 Å². The van der Waals surface area contributed by atoms with Crippen LogP contribution in [0.4, 0.5) is 0 Å². The van der Waals surface area contributed by atoms with E-state index in [0.717, 1.165) is 6.42 Å². The van der Waals surface area contributed by atoms with Crippen molar-refractivity contribution in [3.63, 3.8) is 0 Å². The molecule has 3 nitrogen and oxygen atoms in total. The van der Waals surface area contributed by atoms with E-state index in [4.69, 9.17) is 9.16 Å². The molecule has 4 heteroatoms. The highest BCUT2D eigenvalue weighted by atomic mass is 28.4. The van der Waals surface area contributed by atoms with Gasteiger partial charge in [-0.2, -0.15) is 0 Å². The van der Waals surface area contributed by atoms with Crippen LogP contribution in [0.5, 0.6) is 0 Å². The molecule has 1 heterocycles. The number of aliphatic hydroxyl groups is 1. The van der Waals surface area contributed by atoms with Gasteiger partial charge in [0.05, 0.1) is 12.2 Å². The number of aliphatic hydroxyl groups excluding tert-OH is 1. The van der Waals surface area contributed by atoms with Gasteiger partial charge in [0.2, 0.25) is 0 Å². The van der Waals surface area contributed by atoms with Gasteiger partial charge in [0, 0.05) is 11.8 Å². The Morgan fingerprint density at radius 1 is 1.25 bits per heavy atom. The first-order valence-corrected chi connectivity index (χ1v) is 10.5. The molecule has 0 aromatic carbocycles. The first-order chi connectivity index (χ1) is 9.01. The summed E-state index contributed by atoms with van der Waals surface area (Å²) >= 11 is 0. The molecule has 0 saturated carbocycles. The Morgan fingerprint density at radius 3 is 2.25 bits per heavy atom. The van der Waals surface area contributed by atoms with E-state index in [1.54, 1.807) is 0 Å². The highest BCUT2D eigenvalue weighted by molar-refractivity contribution is 6.74. The number of hydrogen-bond acceptors (Lipinski definition) is 3. The maximum atomic E-state index is 10.1. The maximum absolute atomic E-state index is 10.1. The van der Waals surface area contributed by atoms with Gasteiger partial charge in [-0.1, -0.05) is 40.7 Å². The number of rotatable bonds is 4. The summed E-state index contributed by atoms with van der Waals surface area (Å²) in [7, 11) is -1.85. The van der Waals surface area contributed by atoms with Crippen molar-refractivity contribution in [1.29, 1.82) is 0 Å². The molecule has 20 heavy (non-hydrogen) atoms. The largest absolute Gasteiger partial charge is 0.413 e. The fraction of sp³-hybridized carbons (Fsp3) is 0.875. The summed E-state index contributed by atoms with van der Waals surface area (Å²) in [4.78, 5) is 0. The maximum Gasteiger partial charge on any atom is 0.192 e. The second-order valence-electron chi connectivity index (χ2n) is 7.65. The molecule has 1 saturated heterocycles. The minimum absolute atomic E-state index is 0.000176. The minimum atomic E-state index is -1.85. The third kappa shape index (κ3) is 3.73. The van der Waals surface area contributed by atoms with Crippen molar-refractivity contribution in [2.75, 3.05) is 0 Å². The Balaban J connectivity index is 2.92. The van der Waals surface area contributed by atoms with Gasteiger partial charge in [0.25, 0.3) is 0 Å². The van der Waals surface area contributed by atoms with E-state index in [1.807, 2.05) is 13.0 Å². The summed E-state index contributed by atoms with van der Waals surface area (Å²) in [6.45, 7) is 19.2. The van der Waals surface area contributed by atoms with Crippen molar-refractivity contribution < 1.29 is 14.3 Å². The van der Waals surface area contributed by atoms with E-state index >= 15 is 0 Å². The first-order valence-electron chi connectivity index (χ1n) is 7.63. The second-order valence-corrected chi connectivity index (χ2v) is 12.4. The summed E-state index contributed by atoms with van der Waals surface area (Å²) in [6.07, 6.45) is 1.90. The molecular weight excluding hydrogens is 268 g/mol. The zero-order valence-electron chi connectivity index (χ0n) is 14.1. The minimum Gasteiger partial charge on any atom is -0.413 e. The van der Waals surface area contributed by atoms with Gasteiger partial charge >= 0.3 is 0 Å². The molecular formula is C16H32O3Si. The van der Waals surface area contributed by atoms with Gasteiger partial charge in [-0.25, -0.2) is 0 Å². The van der Waals surface area contributed by atoms with Crippen LogP contribution in [-0.4, -0.2) is 31.9 Å². The van der Waals surface area contributed by atoms with Crippen molar-refractivity contribution in [1.82, 2.24) is 0 Å². The lowest BCUT2D eigenvalue weighted by atomic mass is 9.85. The molecule has 0 aromatic rings. The smallest absolute Gasteiger partial charge is 0.192 e. The fourth-order valence-electron chi connectivity index (χ4n) is 2.45. The Bertz CT molecular complexity index is 335. The standard InChI is InChI=1S/C16H32O3Si/c1-9-10-13-11(2)14(12(3)15(17)18-13)19-20(7,8)16(4,5)6/h9,11-15,17H,1,10H2,2-8H3/t11-,12-,13+,14-,15?/m1/s1. The Hall–Kier alpha value is -0.163. The predicted molar refractivity (Wildman–Crippen MR) is 86.1 cm³/mol. The van der Waals surface area contributed by atoms with Crippen LogP contribution in [0.15, 0.2) is 12.7 Å². The van der Waals surface area contributed by atoms with Crippen LogP contribution >= 0.6 is 0 Å². The molecule has 1 rings (SSSR count). The van der Waals surface area contributed by atoms with Crippen molar-refractivity contribution in [2.24, 2.45) is 11.8 Å². The lowest BCUT2D eigenvalue weighted by Crippen LogP contribution is -2.55. The second kappa shape index (κ2) is 6.30. The molecule has 0 aliphatic carbocycles. The van der Waals surface area contributed by atoms with Gasteiger partial charge in [-0.3, -0.25) is 0 Å². The van der Waals surface area contributed by atoms with E-state index in [1.165, 1.54) is 0 Å². The molecule has 0 aromatic heterocycles. The number of ether oxygens (including phenoxy) is 1. The van der Waals surface area contributed by atoms with Crippen LogP contribution in [0.3, 0.4) is 0 Å². The predicted octanol–water partition coefficient (Wildman–Crippen LogP) is 3.94. The van der Waals surface area contributed by atoms with Gasteiger partial charge in [-0.05, 0) is 24.6 Å². The van der Waals surface area contributed by atoms with Crippen molar-refractivity contribution in [2.45, 2.75) is 77.7 Å². The van der Waals surface area contributed by atoms with E-state index in [2.05, 4.69) is 47.4 Å². The summed E-state index contributed by atoms with van der Waals surface area (Å²) in [5, 5.41) is 10.3. The van der Waals surface area contributed by atoms with E-state index in [9.17, 15) is 5.11 Å². The fourth-order valence-corrected chi connectivity index (χ4v) is 3.91. The average molecular weight is 301 g/mol. The lowest BCUT2D eigenvalue weighted by Gasteiger charge is -2.48. The molecule has 1 aliphatic rings. The molecule has 118 valence electrons. The Morgan fingerprint density at radius 2 is 1.80 bits per heavy atom. The van der Waals surface area contributed by atoms with Gasteiger partial charge < -0.3 is 14.3 Å². The molecule has 5 atom stereocenters. The van der Waals surface area contributed by atoms with E-state index in [0.29, 0.717) is 0 Å². The van der Waals surface area contributed by atoms with Crippen LogP contribution in [0.1, 0.15) is 41.0 Å². The third-order valence-corrected chi connectivity index (χ3v) is 9.50.